The van der Waals surface area contributed by atoms with Crippen LogP contribution in [0.3, 0.4) is 0 Å². The average Bonchev–Trinajstić information content (AvgIpc) is 2.54. The van der Waals surface area contributed by atoms with E-state index in [1.807, 2.05) is 11.8 Å². The van der Waals surface area contributed by atoms with Crippen LogP contribution in [0.2, 0.25) is 5.02 Å². The topological polar surface area (TPSA) is 47.0 Å². The molecule has 23 heavy (non-hydrogen) atoms. The Morgan fingerprint density at radius 3 is 2.65 bits per heavy atom. The van der Waals surface area contributed by atoms with Gasteiger partial charge in [-0.3, -0.25) is 9.69 Å². The Balaban J connectivity index is 1.83. The van der Waals surface area contributed by atoms with Gasteiger partial charge in [-0.1, -0.05) is 11.6 Å². The third kappa shape index (κ3) is 3.24. The second-order valence-corrected chi connectivity index (χ2v) is 7.39. The second-order valence-electron chi connectivity index (χ2n) is 6.96. The van der Waals surface area contributed by atoms with Crippen LogP contribution < -0.4 is 0 Å². The number of hydrogen-bond donors (Lipinski definition) is 1. The molecule has 2 atom stereocenters. The maximum absolute atomic E-state index is 12.8. The predicted molar refractivity (Wildman–Crippen MR) is 90.8 cm³/mol. The van der Waals surface area contributed by atoms with E-state index in [-0.39, 0.29) is 24.1 Å². The first-order chi connectivity index (χ1) is 10.9. The van der Waals surface area contributed by atoms with Gasteiger partial charge >= 0.3 is 0 Å². The molecular weight excluding hydrogens is 314 g/mol. The number of nitrogens with zero attached hydrogens (tertiary/aromatic N) is 3. The Morgan fingerprint density at radius 1 is 1.30 bits per heavy atom. The molecule has 0 spiro atoms. The molecule has 2 aliphatic heterocycles. The number of halogens is 1. The molecule has 0 aliphatic carbocycles. The highest BCUT2D eigenvalue weighted by molar-refractivity contribution is 6.30. The summed E-state index contributed by atoms with van der Waals surface area (Å²) in [5.41, 5.74) is 0.263. The van der Waals surface area contributed by atoms with E-state index >= 15 is 0 Å². The number of carbonyl (C=O) groups is 1. The number of carbonyl (C=O) groups excluding carboxylic acids is 1. The van der Waals surface area contributed by atoms with Crippen molar-refractivity contribution in [2.45, 2.75) is 18.5 Å². The lowest BCUT2D eigenvalue weighted by atomic mass is 9.91. The minimum atomic E-state index is -0.383. The standard InChI is InChI=1S/C17H24ClN3O2/c1-17(12-22)11-20(10-15-9-19(2)7-8-21(15)17)16(23)13-3-5-14(18)6-4-13/h3-6,15,22H,7-12H2,1-2H3/t15-,17-/m0/s1. The van der Waals surface area contributed by atoms with Gasteiger partial charge in [-0.25, -0.2) is 0 Å². The summed E-state index contributed by atoms with van der Waals surface area (Å²) in [6.07, 6.45) is 0. The normalized spacial score (nSPS) is 29.4. The maximum Gasteiger partial charge on any atom is 0.253 e. The summed E-state index contributed by atoms with van der Waals surface area (Å²) in [4.78, 5) is 19.4. The zero-order valence-electron chi connectivity index (χ0n) is 13.7. The van der Waals surface area contributed by atoms with E-state index < -0.39 is 0 Å². The first-order valence-electron chi connectivity index (χ1n) is 8.04. The van der Waals surface area contributed by atoms with Gasteiger partial charge in [0, 0.05) is 49.4 Å². The van der Waals surface area contributed by atoms with Gasteiger partial charge in [-0.05, 0) is 38.2 Å². The lowest BCUT2D eigenvalue weighted by Gasteiger charge is -2.55. The number of aliphatic hydroxyl groups is 1. The van der Waals surface area contributed by atoms with E-state index in [2.05, 4.69) is 16.8 Å². The van der Waals surface area contributed by atoms with Crippen molar-refractivity contribution in [1.29, 1.82) is 0 Å². The Labute approximate surface area is 142 Å². The Morgan fingerprint density at radius 2 is 2.00 bits per heavy atom. The minimum absolute atomic E-state index is 0.00854. The van der Waals surface area contributed by atoms with Crippen LogP contribution in [-0.2, 0) is 0 Å². The Kier molecular flexibility index (Phi) is 4.65. The van der Waals surface area contributed by atoms with E-state index in [0.717, 1.165) is 19.6 Å². The van der Waals surface area contributed by atoms with Crippen molar-refractivity contribution >= 4 is 17.5 Å². The fourth-order valence-corrected chi connectivity index (χ4v) is 3.90. The molecule has 2 fully saturated rings. The molecule has 5 nitrogen and oxygen atoms in total. The first-order valence-corrected chi connectivity index (χ1v) is 8.42. The maximum atomic E-state index is 12.8. The minimum Gasteiger partial charge on any atom is -0.394 e. The zero-order valence-corrected chi connectivity index (χ0v) is 14.5. The highest BCUT2D eigenvalue weighted by Crippen LogP contribution is 2.29. The van der Waals surface area contributed by atoms with Crippen LogP contribution in [0.1, 0.15) is 17.3 Å². The highest BCUT2D eigenvalue weighted by atomic mass is 35.5. The smallest absolute Gasteiger partial charge is 0.253 e. The summed E-state index contributed by atoms with van der Waals surface area (Å²) in [5, 5.41) is 10.6. The summed E-state index contributed by atoms with van der Waals surface area (Å²) < 4.78 is 0. The predicted octanol–water partition coefficient (Wildman–Crippen LogP) is 1.16. The van der Waals surface area contributed by atoms with Crippen molar-refractivity contribution in [1.82, 2.24) is 14.7 Å². The molecule has 126 valence electrons. The lowest BCUT2D eigenvalue weighted by molar-refractivity contribution is -0.0798. The molecule has 2 saturated heterocycles. The number of piperazine rings is 2. The number of likely N-dealkylation sites (N-methyl/N-ethyl adjacent to an activating group) is 1. The molecule has 0 saturated carbocycles. The third-order valence-electron chi connectivity index (χ3n) is 5.06. The molecule has 2 heterocycles. The van der Waals surface area contributed by atoms with Gasteiger partial charge in [0.05, 0.1) is 12.1 Å². The van der Waals surface area contributed by atoms with Gasteiger partial charge in [0.2, 0.25) is 0 Å². The van der Waals surface area contributed by atoms with Crippen LogP contribution in [-0.4, -0.2) is 83.7 Å². The van der Waals surface area contributed by atoms with E-state index in [9.17, 15) is 9.90 Å². The molecule has 1 amide bonds. The molecule has 0 bridgehead atoms. The molecular formula is C17H24ClN3O2. The fraction of sp³-hybridized carbons (Fsp3) is 0.588. The van der Waals surface area contributed by atoms with E-state index in [0.29, 0.717) is 23.7 Å². The van der Waals surface area contributed by atoms with Gasteiger partial charge in [0.15, 0.2) is 0 Å². The number of aliphatic hydroxyl groups excluding tert-OH is 1. The summed E-state index contributed by atoms with van der Waals surface area (Å²) in [7, 11) is 2.10. The SMILES string of the molecule is CN1CCN2[C@@H](C1)CN(C(=O)c1ccc(Cl)cc1)C[C@@]2(C)CO. The number of rotatable bonds is 2. The Hall–Kier alpha value is -1.14. The van der Waals surface area contributed by atoms with Crippen LogP contribution in [0.25, 0.3) is 0 Å². The molecule has 6 heteroatoms. The fourth-order valence-electron chi connectivity index (χ4n) is 3.77. The summed E-state index contributed by atoms with van der Waals surface area (Å²) in [5.74, 6) is 0.00854. The molecule has 1 N–H and O–H groups in total. The van der Waals surface area contributed by atoms with Crippen molar-refractivity contribution in [2.24, 2.45) is 0 Å². The molecule has 2 aliphatic rings. The average molecular weight is 338 g/mol. The molecule has 1 aromatic rings. The monoisotopic (exact) mass is 337 g/mol. The molecule has 0 radical (unpaired) electrons. The third-order valence-corrected chi connectivity index (χ3v) is 5.31. The number of amides is 1. The van der Waals surface area contributed by atoms with E-state index in [1.54, 1.807) is 24.3 Å². The van der Waals surface area contributed by atoms with Crippen LogP contribution in [0.4, 0.5) is 0 Å². The highest BCUT2D eigenvalue weighted by Gasteiger charge is 2.45. The van der Waals surface area contributed by atoms with Crippen molar-refractivity contribution in [3.8, 4) is 0 Å². The molecule has 3 rings (SSSR count). The summed E-state index contributed by atoms with van der Waals surface area (Å²) in [6, 6.07) is 7.27. The number of hydrogen-bond acceptors (Lipinski definition) is 4. The van der Waals surface area contributed by atoms with Gasteiger partial charge in [-0.15, -0.1) is 0 Å². The van der Waals surface area contributed by atoms with Crippen molar-refractivity contribution in [3.63, 3.8) is 0 Å². The second kappa shape index (κ2) is 6.40. The van der Waals surface area contributed by atoms with Crippen LogP contribution >= 0.6 is 11.6 Å². The largest absolute Gasteiger partial charge is 0.394 e. The molecule has 0 unspecified atom stereocenters. The number of benzene rings is 1. The van der Waals surface area contributed by atoms with Crippen molar-refractivity contribution in [3.05, 3.63) is 34.9 Å². The first kappa shape index (κ1) is 16.7. The van der Waals surface area contributed by atoms with Gasteiger partial charge in [-0.2, -0.15) is 0 Å². The van der Waals surface area contributed by atoms with Crippen LogP contribution in [0, 0.1) is 0 Å². The van der Waals surface area contributed by atoms with Gasteiger partial charge in [0.25, 0.3) is 5.91 Å². The number of fused-ring (bicyclic) bond motifs is 1. The lowest BCUT2D eigenvalue weighted by Crippen LogP contribution is -2.72. The Bertz CT molecular complexity index is 580. The van der Waals surface area contributed by atoms with Gasteiger partial charge in [0.1, 0.15) is 0 Å². The summed E-state index contributed by atoms with van der Waals surface area (Å²) >= 11 is 5.91. The van der Waals surface area contributed by atoms with Crippen molar-refractivity contribution < 1.29 is 9.90 Å². The quantitative estimate of drug-likeness (QED) is 0.880. The van der Waals surface area contributed by atoms with E-state index in [1.165, 1.54) is 0 Å². The van der Waals surface area contributed by atoms with E-state index in [4.69, 9.17) is 11.6 Å². The zero-order chi connectivity index (χ0) is 16.6. The molecule has 1 aromatic carbocycles. The molecule has 0 aromatic heterocycles. The van der Waals surface area contributed by atoms with Crippen LogP contribution in [0.15, 0.2) is 24.3 Å². The summed E-state index contributed by atoms with van der Waals surface area (Å²) in [6.45, 7) is 6.19. The van der Waals surface area contributed by atoms with Crippen LogP contribution in [0.5, 0.6) is 0 Å². The van der Waals surface area contributed by atoms with Gasteiger partial charge < -0.3 is 14.9 Å². The van der Waals surface area contributed by atoms with Crippen molar-refractivity contribution in [2.75, 3.05) is 46.4 Å².